The van der Waals surface area contributed by atoms with Crippen LogP contribution in [0.25, 0.3) is 22.2 Å². The molecule has 4 rings (SSSR count). The van der Waals surface area contributed by atoms with E-state index in [-0.39, 0.29) is 24.7 Å². The SMILES string of the molecule is CC(C)CCNC(=O)CCC(=O)N1CCCn2nc(-c3cn(C)c4ccccc34)cc21. The summed E-state index contributed by atoms with van der Waals surface area (Å²) >= 11 is 0. The van der Waals surface area contributed by atoms with Crippen LogP contribution in [0.5, 0.6) is 0 Å². The number of fused-ring (bicyclic) bond motifs is 2. The van der Waals surface area contributed by atoms with Crippen LogP contribution < -0.4 is 10.2 Å². The molecule has 0 aliphatic carbocycles. The fraction of sp³-hybridized carbons (Fsp3) is 0.458. The highest BCUT2D eigenvalue weighted by Gasteiger charge is 2.26. The number of rotatable bonds is 7. The first-order chi connectivity index (χ1) is 14.9. The van der Waals surface area contributed by atoms with E-state index < -0.39 is 0 Å². The minimum absolute atomic E-state index is 0.0238. The van der Waals surface area contributed by atoms with E-state index in [1.165, 1.54) is 0 Å². The van der Waals surface area contributed by atoms with Crippen LogP contribution in [0.3, 0.4) is 0 Å². The third kappa shape index (κ3) is 4.50. The predicted octanol–water partition coefficient (Wildman–Crippen LogP) is 3.72. The number of para-hydroxylation sites is 1. The molecule has 31 heavy (non-hydrogen) atoms. The van der Waals surface area contributed by atoms with Crippen molar-refractivity contribution in [2.45, 2.75) is 46.1 Å². The first-order valence-electron chi connectivity index (χ1n) is 11.1. The summed E-state index contributed by atoms with van der Waals surface area (Å²) in [6.07, 6.45) is 4.32. The van der Waals surface area contributed by atoms with Crippen molar-refractivity contribution in [2.24, 2.45) is 13.0 Å². The second-order valence-corrected chi connectivity index (χ2v) is 8.71. The maximum Gasteiger partial charge on any atom is 0.228 e. The second kappa shape index (κ2) is 8.96. The van der Waals surface area contributed by atoms with Gasteiger partial charge in [-0.3, -0.25) is 14.5 Å². The number of carbonyl (C=O) groups excluding carboxylic acids is 2. The summed E-state index contributed by atoms with van der Waals surface area (Å²) in [4.78, 5) is 26.8. The molecule has 1 aliphatic heterocycles. The zero-order valence-electron chi connectivity index (χ0n) is 18.6. The highest BCUT2D eigenvalue weighted by Crippen LogP contribution is 2.33. The molecule has 0 spiro atoms. The molecule has 0 fully saturated rings. The molecular formula is C24H31N5O2. The topological polar surface area (TPSA) is 72.2 Å². The molecular weight excluding hydrogens is 390 g/mol. The molecule has 0 bridgehead atoms. The summed E-state index contributed by atoms with van der Waals surface area (Å²) in [6, 6.07) is 10.3. The summed E-state index contributed by atoms with van der Waals surface area (Å²) in [5.74, 6) is 1.28. The lowest BCUT2D eigenvalue weighted by molar-refractivity contribution is -0.125. The van der Waals surface area contributed by atoms with Gasteiger partial charge in [-0.1, -0.05) is 32.0 Å². The van der Waals surface area contributed by atoms with E-state index in [9.17, 15) is 9.59 Å². The number of anilines is 1. The number of hydrogen-bond donors (Lipinski definition) is 1. The normalized spacial score (nSPS) is 13.6. The first kappa shape index (κ1) is 21.2. The smallest absolute Gasteiger partial charge is 0.228 e. The number of nitrogens with one attached hydrogen (secondary N) is 1. The molecule has 1 aliphatic rings. The van der Waals surface area contributed by atoms with Gasteiger partial charge in [0.1, 0.15) is 5.82 Å². The van der Waals surface area contributed by atoms with Gasteiger partial charge in [0.2, 0.25) is 11.8 Å². The number of carbonyl (C=O) groups is 2. The van der Waals surface area contributed by atoms with Gasteiger partial charge >= 0.3 is 0 Å². The fourth-order valence-corrected chi connectivity index (χ4v) is 4.16. The maximum atomic E-state index is 12.9. The number of hydrogen-bond acceptors (Lipinski definition) is 3. The van der Waals surface area contributed by atoms with Crippen molar-refractivity contribution in [2.75, 3.05) is 18.0 Å². The molecule has 0 unspecified atom stereocenters. The largest absolute Gasteiger partial charge is 0.356 e. The van der Waals surface area contributed by atoms with E-state index in [1.54, 1.807) is 4.90 Å². The van der Waals surface area contributed by atoms with Gasteiger partial charge in [-0.15, -0.1) is 0 Å². The molecule has 2 aromatic heterocycles. The molecule has 2 amide bonds. The Morgan fingerprint density at radius 1 is 1.16 bits per heavy atom. The van der Waals surface area contributed by atoms with E-state index in [0.717, 1.165) is 47.4 Å². The average Bonchev–Trinajstić information content (AvgIpc) is 3.33. The number of benzene rings is 1. The summed E-state index contributed by atoms with van der Waals surface area (Å²) in [6.45, 7) is 6.37. The van der Waals surface area contributed by atoms with Gasteiger partial charge in [-0.05, 0) is 24.8 Å². The Hall–Kier alpha value is -3.09. The molecule has 7 nitrogen and oxygen atoms in total. The zero-order chi connectivity index (χ0) is 22.0. The van der Waals surface area contributed by atoms with E-state index in [0.29, 0.717) is 19.0 Å². The van der Waals surface area contributed by atoms with Crippen LogP contribution in [0, 0.1) is 5.92 Å². The molecule has 164 valence electrons. The van der Waals surface area contributed by atoms with Crippen molar-refractivity contribution in [1.82, 2.24) is 19.7 Å². The van der Waals surface area contributed by atoms with Crippen molar-refractivity contribution >= 4 is 28.5 Å². The van der Waals surface area contributed by atoms with Crippen LogP contribution in [-0.4, -0.2) is 39.3 Å². The monoisotopic (exact) mass is 421 g/mol. The first-order valence-corrected chi connectivity index (χ1v) is 11.1. The minimum atomic E-state index is -0.0593. The third-order valence-electron chi connectivity index (χ3n) is 5.87. The Labute approximate surface area is 183 Å². The Balaban J connectivity index is 1.48. The number of aryl methyl sites for hydroxylation is 2. The van der Waals surface area contributed by atoms with Crippen molar-refractivity contribution in [3.63, 3.8) is 0 Å². The molecule has 0 saturated heterocycles. The average molecular weight is 422 g/mol. The van der Waals surface area contributed by atoms with E-state index in [4.69, 9.17) is 5.10 Å². The molecule has 0 atom stereocenters. The van der Waals surface area contributed by atoms with Crippen molar-refractivity contribution in [3.05, 3.63) is 36.5 Å². The quantitative estimate of drug-likeness (QED) is 0.632. The maximum absolute atomic E-state index is 12.9. The predicted molar refractivity (Wildman–Crippen MR) is 123 cm³/mol. The minimum Gasteiger partial charge on any atom is -0.356 e. The van der Waals surface area contributed by atoms with Crippen LogP contribution in [0.1, 0.15) is 39.5 Å². The van der Waals surface area contributed by atoms with Gasteiger partial charge < -0.3 is 9.88 Å². The zero-order valence-corrected chi connectivity index (χ0v) is 18.6. The Morgan fingerprint density at radius 2 is 1.97 bits per heavy atom. The van der Waals surface area contributed by atoms with Crippen molar-refractivity contribution in [3.8, 4) is 11.3 Å². The molecule has 7 heteroatoms. The number of amides is 2. The summed E-state index contributed by atoms with van der Waals surface area (Å²) < 4.78 is 4.02. The molecule has 3 aromatic rings. The van der Waals surface area contributed by atoms with E-state index >= 15 is 0 Å². The molecule has 0 radical (unpaired) electrons. The highest BCUT2D eigenvalue weighted by atomic mass is 16.2. The van der Waals surface area contributed by atoms with Crippen LogP contribution in [0.2, 0.25) is 0 Å². The van der Waals surface area contributed by atoms with Crippen LogP contribution >= 0.6 is 0 Å². The van der Waals surface area contributed by atoms with Crippen molar-refractivity contribution in [1.29, 1.82) is 0 Å². The standard InChI is InChI=1S/C24H31N5O2/c1-17(2)11-12-25-22(30)9-10-24(31)28-13-6-14-29-23(28)15-20(26-29)19-16-27(3)21-8-5-4-7-18(19)21/h4-5,7-8,15-17H,6,9-14H2,1-3H3,(H,25,30). The molecule has 1 N–H and O–H groups in total. The fourth-order valence-electron chi connectivity index (χ4n) is 4.16. The summed E-state index contributed by atoms with van der Waals surface area (Å²) in [7, 11) is 2.03. The van der Waals surface area contributed by atoms with Crippen LogP contribution in [0.15, 0.2) is 36.5 Å². The number of aromatic nitrogens is 3. The Kier molecular flexibility index (Phi) is 6.11. The highest BCUT2D eigenvalue weighted by molar-refractivity contribution is 5.98. The van der Waals surface area contributed by atoms with E-state index in [1.807, 2.05) is 29.9 Å². The molecule has 1 aromatic carbocycles. The van der Waals surface area contributed by atoms with Crippen LogP contribution in [-0.2, 0) is 23.2 Å². The molecule has 0 saturated carbocycles. The second-order valence-electron chi connectivity index (χ2n) is 8.71. The van der Waals surface area contributed by atoms with Gasteiger partial charge in [0.15, 0.2) is 0 Å². The van der Waals surface area contributed by atoms with Gasteiger partial charge in [0.25, 0.3) is 0 Å². The van der Waals surface area contributed by atoms with Gasteiger partial charge in [0.05, 0.1) is 5.69 Å². The number of nitrogens with zero attached hydrogens (tertiary/aromatic N) is 4. The third-order valence-corrected chi connectivity index (χ3v) is 5.87. The lowest BCUT2D eigenvalue weighted by atomic mass is 10.1. The summed E-state index contributed by atoms with van der Waals surface area (Å²) in [5, 5.41) is 8.86. The lowest BCUT2D eigenvalue weighted by Crippen LogP contribution is -2.38. The Bertz CT molecular complexity index is 1090. The molecule has 3 heterocycles. The summed E-state index contributed by atoms with van der Waals surface area (Å²) in [5.41, 5.74) is 3.09. The Morgan fingerprint density at radius 3 is 2.77 bits per heavy atom. The van der Waals surface area contributed by atoms with Gasteiger partial charge in [-0.25, -0.2) is 4.68 Å². The van der Waals surface area contributed by atoms with Gasteiger partial charge in [-0.2, -0.15) is 5.10 Å². The van der Waals surface area contributed by atoms with Crippen LogP contribution in [0.4, 0.5) is 5.82 Å². The van der Waals surface area contributed by atoms with E-state index in [2.05, 4.69) is 42.1 Å². The lowest BCUT2D eigenvalue weighted by Gasteiger charge is -2.27. The van der Waals surface area contributed by atoms with Crippen molar-refractivity contribution < 1.29 is 9.59 Å². The van der Waals surface area contributed by atoms with Gasteiger partial charge in [0, 0.05) is 68.3 Å².